The lowest BCUT2D eigenvalue weighted by molar-refractivity contribution is 0.0600. The zero-order chi connectivity index (χ0) is 11.4. The summed E-state index contributed by atoms with van der Waals surface area (Å²) in [5.74, 6) is -0.445. The van der Waals surface area contributed by atoms with Gasteiger partial charge in [-0.3, -0.25) is 0 Å². The van der Waals surface area contributed by atoms with E-state index in [0.717, 1.165) is 11.1 Å². The van der Waals surface area contributed by atoms with Crippen molar-refractivity contribution in [3.05, 3.63) is 41.5 Å². The maximum absolute atomic E-state index is 11.2. The largest absolute Gasteiger partial charge is 0.465 e. The van der Waals surface area contributed by atoms with Gasteiger partial charge in [0.25, 0.3) is 0 Å². The highest BCUT2D eigenvalue weighted by molar-refractivity contribution is 5.90. The molecule has 0 aromatic heterocycles. The Morgan fingerprint density at radius 2 is 2.20 bits per heavy atom. The summed E-state index contributed by atoms with van der Waals surface area (Å²) >= 11 is 0. The molecule has 1 aromatic rings. The van der Waals surface area contributed by atoms with Crippen molar-refractivity contribution in [2.45, 2.75) is 6.92 Å². The SMILES string of the molecule is C=C(C)c1ccc(C(=O)OC)cc1C#N. The second-order valence-electron chi connectivity index (χ2n) is 3.14. The zero-order valence-corrected chi connectivity index (χ0v) is 8.70. The first-order valence-electron chi connectivity index (χ1n) is 4.38. The Morgan fingerprint density at radius 3 is 2.67 bits per heavy atom. The van der Waals surface area contributed by atoms with E-state index in [1.165, 1.54) is 13.2 Å². The third-order valence-electron chi connectivity index (χ3n) is 2.02. The van der Waals surface area contributed by atoms with Crippen molar-refractivity contribution in [2.24, 2.45) is 0 Å². The molecule has 76 valence electrons. The molecule has 0 bridgehead atoms. The molecule has 1 aromatic carbocycles. The third-order valence-corrected chi connectivity index (χ3v) is 2.02. The van der Waals surface area contributed by atoms with E-state index in [2.05, 4.69) is 11.3 Å². The fraction of sp³-hybridized carbons (Fsp3) is 0.167. The first-order chi connectivity index (χ1) is 7.10. The molecule has 0 saturated heterocycles. The Bertz CT molecular complexity index is 455. The van der Waals surface area contributed by atoms with E-state index >= 15 is 0 Å². The number of carbonyl (C=O) groups is 1. The summed E-state index contributed by atoms with van der Waals surface area (Å²) < 4.78 is 4.57. The van der Waals surface area contributed by atoms with Crippen LogP contribution < -0.4 is 0 Å². The van der Waals surface area contributed by atoms with Crippen LogP contribution in [0.3, 0.4) is 0 Å². The number of esters is 1. The second kappa shape index (κ2) is 4.43. The van der Waals surface area contributed by atoms with Crippen molar-refractivity contribution in [1.29, 1.82) is 5.26 Å². The molecule has 15 heavy (non-hydrogen) atoms. The molecule has 0 fully saturated rings. The van der Waals surface area contributed by atoms with Gasteiger partial charge < -0.3 is 4.74 Å². The van der Waals surface area contributed by atoms with E-state index in [-0.39, 0.29) is 0 Å². The molecule has 0 radical (unpaired) electrons. The van der Waals surface area contributed by atoms with Crippen LogP contribution in [-0.2, 0) is 4.74 Å². The minimum Gasteiger partial charge on any atom is -0.465 e. The summed E-state index contributed by atoms with van der Waals surface area (Å²) in [5, 5.41) is 8.90. The van der Waals surface area contributed by atoms with Gasteiger partial charge in [0.05, 0.1) is 24.3 Å². The number of hydrogen-bond donors (Lipinski definition) is 0. The highest BCUT2D eigenvalue weighted by Gasteiger charge is 2.09. The summed E-state index contributed by atoms with van der Waals surface area (Å²) in [6, 6.07) is 6.86. The van der Waals surface area contributed by atoms with Gasteiger partial charge in [-0.2, -0.15) is 5.26 Å². The standard InChI is InChI=1S/C12H11NO2/c1-8(2)11-5-4-9(12(14)15-3)6-10(11)7-13/h4-6H,1H2,2-3H3. The van der Waals surface area contributed by atoms with Gasteiger partial charge in [-0.15, -0.1) is 0 Å². The minimum absolute atomic E-state index is 0.374. The molecule has 0 unspecified atom stereocenters. The van der Waals surface area contributed by atoms with E-state index in [9.17, 15) is 4.79 Å². The number of rotatable bonds is 2. The molecule has 0 N–H and O–H groups in total. The van der Waals surface area contributed by atoms with E-state index in [4.69, 9.17) is 5.26 Å². The molecular weight excluding hydrogens is 190 g/mol. The fourth-order valence-electron chi connectivity index (χ4n) is 1.25. The van der Waals surface area contributed by atoms with Crippen LogP contribution in [0.25, 0.3) is 5.57 Å². The maximum Gasteiger partial charge on any atom is 0.337 e. The smallest absolute Gasteiger partial charge is 0.337 e. The lowest BCUT2D eigenvalue weighted by atomic mass is 10.0. The van der Waals surface area contributed by atoms with Crippen LogP contribution in [0.4, 0.5) is 0 Å². The van der Waals surface area contributed by atoms with Crippen molar-refractivity contribution in [2.75, 3.05) is 7.11 Å². The lowest BCUT2D eigenvalue weighted by Gasteiger charge is -2.04. The quantitative estimate of drug-likeness (QED) is 0.690. The molecule has 3 heteroatoms. The predicted molar refractivity (Wildman–Crippen MR) is 57.2 cm³/mol. The Hall–Kier alpha value is -2.08. The number of allylic oxidation sites excluding steroid dienone is 1. The van der Waals surface area contributed by atoms with Crippen molar-refractivity contribution >= 4 is 11.5 Å². The van der Waals surface area contributed by atoms with Crippen molar-refractivity contribution in [3.8, 4) is 6.07 Å². The average Bonchev–Trinajstić information content (AvgIpc) is 2.26. The third kappa shape index (κ3) is 2.23. The first kappa shape index (κ1) is 11.0. The topological polar surface area (TPSA) is 50.1 Å². The summed E-state index contributed by atoms with van der Waals surface area (Å²) in [5.41, 5.74) is 2.36. The van der Waals surface area contributed by atoms with Crippen LogP contribution in [0.2, 0.25) is 0 Å². The molecule has 0 amide bonds. The van der Waals surface area contributed by atoms with E-state index in [1.807, 2.05) is 13.0 Å². The number of nitrogens with zero attached hydrogens (tertiary/aromatic N) is 1. The van der Waals surface area contributed by atoms with Crippen LogP contribution in [0.1, 0.15) is 28.4 Å². The number of hydrogen-bond acceptors (Lipinski definition) is 3. The first-order valence-corrected chi connectivity index (χ1v) is 4.38. The number of nitriles is 1. The van der Waals surface area contributed by atoms with Crippen molar-refractivity contribution in [1.82, 2.24) is 0 Å². The van der Waals surface area contributed by atoms with Gasteiger partial charge in [-0.25, -0.2) is 4.79 Å². The van der Waals surface area contributed by atoms with Gasteiger partial charge in [-0.05, 0) is 30.2 Å². The number of benzene rings is 1. The molecule has 0 atom stereocenters. The Balaban J connectivity index is 3.27. The number of carbonyl (C=O) groups excluding carboxylic acids is 1. The van der Waals surface area contributed by atoms with Crippen molar-refractivity contribution in [3.63, 3.8) is 0 Å². The van der Waals surface area contributed by atoms with Crippen LogP contribution in [-0.4, -0.2) is 13.1 Å². The highest BCUT2D eigenvalue weighted by Crippen LogP contribution is 2.18. The predicted octanol–water partition coefficient (Wildman–Crippen LogP) is 2.38. The average molecular weight is 201 g/mol. The maximum atomic E-state index is 11.2. The zero-order valence-electron chi connectivity index (χ0n) is 8.70. The molecule has 0 spiro atoms. The second-order valence-corrected chi connectivity index (χ2v) is 3.14. The normalized spacial score (nSPS) is 9.13. The molecule has 1 rings (SSSR count). The highest BCUT2D eigenvalue weighted by atomic mass is 16.5. The number of methoxy groups -OCH3 is 1. The Kier molecular flexibility index (Phi) is 3.25. The number of ether oxygens (including phenoxy) is 1. The molecule has 0 heterocycles. The van der Waals surface area contributed by atoms with Gasteiger partial charge in [0, 0.05) is 0 Å². The lowest BCUT2D eigenvalue weighted by Crippen LogP contribution is -2.02. The summed E-state index contributed by atoms with van der Waals surface area (Å²) in [7, 11) is 1.31. The van der Waals surface area contributed by atoms with E-state index in [0.29, 0.717) is 11.1 Å². The summed E-state index contributed by atoms with van der Waals surface area (Å²) in [6.45, 7) is 5.57. The van der Waals surface area contributed by atoms with E-state index in [1.54, 1.807) is 12.1 Å². The summed E-state index contributed by atoms with van der Waals surface area (Å²) in [6.07, 6.45) is 0. The van der Waals surface area contributed by atoms with Crippen LogP contribution in [0, 0.1) is 11.3 Å². The fourth-order valence-corrected chi connectivity index (χ4v) is 1.25. The monoisotopic (exact) mass is 201 g/mol. The molecule has 0 aliphatic heterocycles. The van der Waals surface area contributed by atoms with Crippen LogP contribution in [0.15, 0.2) is 24.8 Å². The van der Waals surface area contributed by atoms with Gasteiger partial charge in [0.1, 0.15) is 0 Å². The Morgan fingerprint density at radius 1 is 1.53 bits per heavy atom. The Labute approximate surface area is 88.6 Å². The van der Waals surface area contributed by atoms with E-state index < -0.39 is 5.97 Å². The van der Waals surface area contributed by atoms with Crippen LogP contribution in [0.5, 0.6) is 0 Å². The molecular formula is C12H11NO2. The van der Waals surface area contributed by atoms with Gasteiger partial charge in [0.2, 0.25) is 0 Å². The van der Waals surface area contributed by atoms with Gasteiger partial charge in [0.15, 0.2) is 0 Å². The minimum atomic E-state index is -0.445. The van der Waals surface area contributed by atoms with Gasteiger partial charge in [-0.1, -0.05) is 12.6 Å². The van der Waals surface area contributed by atoms with Gasteiger partial charge >= 0.3 is 5.97 Å². The van der Waals surface area contributed by atoms with Crippen LogP contribution >= 0.6 is 0 Å². The molecule has 0 saturated carbocycles. The molecule has 0 aliphatic rings. The molecule has 3 nitrogen and oxygen atoms in total. The van der Waals surface area contributed by atoms with Crippen molar-refractivity contribution < 1.29 is 9.53 Å². The summed E-state index contributed by atoms with van der Waals surface area (Å²) in [4.78, 5) is 11.2. The molecule has 0 aliphatic carbocycles.